The Morgan fingerprint density at radius 2 is 2.08 bits per heavy atom. The highest BCUT2D eigenvalue weighted by atomic mass is 19.1. The topological polar surface area (TPSA) is 77.6 Å². The number of carbonyl (C=O) groups is 1. The Bertz CT molecular complexity index is 838. The average molecular weight is 328 g/mol. The molecule has 1 amide bonds. The van der Waals surface area contributed by atoms with Gasteiger partial charge in [0, 0.05) is 6.20 Å². The van der Waals surface area contributed by atoms with E-state index in [0.717, 1.165) is 11.1 Å². The second-order valence-corrected chi connectivity index (χ2v) is 5.56. The molecule has 3 rings (SSSR count). The summed E-state index contributed by atoms with van der Waals surface area (Å²) < 4.78 is 16.1. The number of aryl methyl sites for hydroxylation is 1. The van der Waals surface area contributed by atoms with Crippen molar-refractivity contribution in [3.05, 3.63) is 59.9 Å². The lowest BCUT2D eigenvalue weighted by atomic mass is 10.2. The average Bonchev–Trinajstić information content (AvgIpc) is 3.18. The smallest absolute Gasteiger partial charge is 0.251 e. The van der Waals surface area contributed by atoms with E-state index in [2.05, 4.69) is 20.5 Å². The Morgan fingerprint density at radius 1 is 1.33 bits per heavy atom. The third-order valence-electron chi connectivity index (χ3n) is 3.54. The van der Waals surface area contributed by atoms with E-state index in [1.165, 1.54) is 18.5 Å². The van der Waals surface area contributed by atoms with Crippen molar-refractivity contribution in [3.63, 3.8) is 0 Å². The molecule has 0 aliphatic heterocycles. The minimum absolute atomic E-state index is 0.220. The molecule has 3 aromatic rings. The maximum Gasteiger partial charge on any atom is 0.251 e. The summed E-state index contributed by atoms with van der Waals surface area (Å²) in [4.78, 5) is 16.3. The molecule has 0 aliphatic carbocycles. The highest BCUT2D eigenvalue weighted by molar-refractivity contribution is 5.91. The van der Waals surface area contributed by atoms with E-state index in [1.54, 1.807) is 40.8 Å². The molecule has 2 aromatic heterocycles. The number of hydrogen-bond donors (Lipinski definition) is 1. The molecule has 1 atom stereocenters. The quantitative estimate of drug-likeness (QED) is 0.778. The predicted octanol–water partition coefficient (Wildman–Crippen LogP) is 2.17. The maximum atomic E-state index is 12.9. The van der Waals surface area contributed by atoms with Crippen molar-refractivity contribution in [2.24, 2.45) is 0 Å². The second-order valence-electron chi connectivity index (χ2n) is 5.56. The van der Waals surface area contributed by atoms with E-state index in [-0.39, 0.29) is 17.7 Å². The number of nitrogens with zero attached hydrogens (tertiary/aromatic N) is 5. The number of benzene rings is 1. The van der Waals surface area contributed by atoms with Crippen LogP contribution in [0.1, 0.15) is 24.1 Å². The van der Waals surface area contributed by atoms with Gasteiger partial charge in [-0.3, -0.25) is 14.8 Å². The van der Waals surface area contributed by atoms with Gasteiger partial charge in [0.25, 0.3) is 5.91 Å². The van der Waals surface area contributed by atoms with Gasteiger partial charge in [-0.15, -0.1) is 5.10 Å². The van der Waals surface area contributed by atoms with Gasteiger partial charge in [-0.2, -0.15) is 5.10 Å². The Balaban J connectivity index is 1.63. The minimum Gasteiger partial charge on any atom is -0.291 e. The molecule has 2 heterocycles. The van der Waals surface area contributed by atoms with E-state index >= 15 is 0 Å². The summed E-state index contributed by atoms with van der Waals surface area (Å²) in [5.74, 6) is -0.316. The van der Waals surface area contributed by atoms with Crippen molar-refractivity contribution in [2.45, 2.75) is 26.4 Å². The summed E-state index contributed by atoms with van der Waals surface area (Å²) in [7, 11) is 0. The first-order chi connectivity index (χ1) is 11.5. The number of anilines is 1. The predicted molar refractivity (Wildman–Crippen MR) is 85.8 cm³/mol. The lowest BCUT2D eigenvalue weighted by Crippen LogP contribution is -2.24. The van der Waals surface area contributed by atoms with Crippen molar-refractivity contribution in [1.29, 1.82) is 0 Å². The SMILES string of the molecule is Cc1cnn(C(C)C(=O)Nc2ncn(Cc3ccc(F)cc3)n2)c1. The van der Waals surface area contributed by atoms with Gasteiger partial charge >= 0.3 is 0 Å². The van der Waals surface area contributed by atoms with Crippen LogP contribution in [0.2, 0.25) is 0 Å². The Morgan fingerprint density at radius 3 is 2.75 bits per heavy atom. The molecule has 1 N–H and O–H groups in total. The maximum absolute atomic E-state index is 12.9. The molecule has 0 saturated carbocycles. The number of halogens is 1. The lowest BCUT2D eigenvalue weighted by molar-refractivity contribution is -0.119. The van der Waals surface area contributed by atoms with Crippen molar-refractivity contribution in [3.8, 4) is 0 Å². The molecule has 0 spiro atoms. The summed E-state index contributed by atoms with van der Waals surface area (Å²) in [6.45, 7) is 4.10. The van der Waals surface area contributed by atoms with E-state index in [4.69, 9.17) is 0 Å². The van der Waals surface area contributed by atoms with Crippen LogP contribution in [0.3, 0.4) is 0 Å². The molecule has 0 fully saturated rings. The zero-order chi connectivity index (χ0) is 17.1. The van der Waals surface area contributed by atoms with Gasteiger partial charge in [-0.1, -0.05) is 12.1 Å². The molecule has 8 heteroatoms. The normalized spacial score (nSPS) is 12.1. The van der Waals surface area contributed by atoms with Gasteiger partial charge < -0.3 is 0 Å². The first-order valence-electron chi connectivity index (χ1n) is 7.47. The highest BCUT2D eigenvalue weighted by Crippen LogP contribution is 2.10. The molecular formula is C16H17FN6O. The molecule has 1 unspecified atom stereocenters. The van der Waals surface area contributed by atoms with E-state index in [1.807, 2.05) is 6.92 Å². The minimum atomic E-state index is -0.470. The van der Waals surface area contributed by atoms with Crippen LogP contribution in [-0.4, -0.2) is 30.5 Å². The molecule has 0 saturated heterocycles. The monoisotopic (exact) mass is 328 g/mol. The van der Waals surface area contributed by atoms with Gasteiger partial charge in [0.1, 0.15) is 18.2 Å². The Labute approximate surface area is 138 Å². The van der Waals surface area contributed by atoms with Crippen LogP contribution >= 0.6 is 0 Å². The third-order valence-corrected chi connectivity index (χ3v) is 3.54. The number of amides is 1. The van der Waals surface area contributed by atoms with Crippen LogP contribution in [-0.2, 0) is 11.3 Å². The molecule has 0 radical (unpaired) electrons. The van der Waals surface area contributed by atoms with Gasteiger partial charge in [0.05, 0.1) is 12.7 Å². The summed E-state index contributed by atoms with van der Waals surface area (Å²) in [6.07, 6.45) is 5.01. The molecule has 24 heavy (non-hydrogen) atoms. The second kappa shape index (κ2) is 6.61. The molecule has 124 valence electrons. The van der Waals surface area contributed by atoms with Gasteiger partial charge in [0.2, 0.25) is 5.95 Å². The standard InChI is InChI=1S/C16H17FN6O/c1-11-7-19-23(8-11)12(2)15(24)20-16-18-10-22(21-16)9-13-3-5-14(17)6-4-13/h3-8,10,12H,9H2,1-2H3,(H,20,21,24). The van der Waals surface area contributed by atoms with Crippen molar-refractivity contribution in [1.82, 2.24) is 24.5 Å². The molecule has 0 bridgehead atoms. The summed E-state index contributed by atoms with van der Waals surface area (Å²) >= 11 is 0. The van der Waals surface area contributed by atoms with Gasteiger partial charge in [-0.05, 0) is 37.1 Å². The van der Waals surface area contributed by atoms with Crippen LogP contribution in [0.15, 0.2) is 43.0 Å². The fraction of sp³-hybridized carbons (Fsp3) is 0.250. The van der Waals surface area contributed by atoms with Crippen molar-refractivity contribution >= 4 is 11.9 Å². The van der Waals surface area contributed by atoms with Gasteiger partial charge in [-0.25, -0.2) is 14.1 Å². The van der Waals surface area contributed by atoms with Crippen LogP contribution in [0, 0.1) is 12.7 Å². The number of rotatable bonds is 5. The lowest BCUT2D eigenvalue weighted by Gasteiger charge is -2.10. The summed E-state index contributed by atoms with van der Waals surface area (Å²) in [5.41, 5.74) is 1.87. The summed E-state index contributed by atoms with van der Waals surface area (Å²) in [5, 5.41) is 11.0. The number of aromatic nitrogens is 5. The zero-order valence-electron chi connectivity index (χ0n) is 13.3. The largest absolute Gasteiger partial charge is 0.291 e. The number of hydrogen-bond acceptors (Lipinski definition) is 4. The molecule has 0 aliphatic rings. The number of carbonyl (C=O) groups excluding carboxylic acids is 1. The Kier molecular flexibility index (Phi) is 4.37. The van der Waals surface area contributed by atoms with Crippen LogP contribution in [0.25, 0.3) is 0 Å². The van der Waals surface area contributed by atoms with E-state index in [9.17, 15) is 9.18 Å². The van der Waals surface area contributed by atoms with E-state index in [0.29, 0.717) is 6.54 Å². The highest BCUT2D eigenvalue weighted by Gasteiger charge is 2.17. The first kappa shape index (κ1) is 15.9. The fourth-order valence-corrected chi connectivity index (χ4v) is 2.18. The first-order valence-corrected chi connectivity index (χ1v) is 7.47. The molecule has 7 nitrogen and oxygen atoms in total. The summed E-state index contributed by atoms with van der Waals surface area (Å²) in [6, 6.07) is 5.67. The molecular weight excluding hydrogens is 311 g/mol. The molecule has 1 aromatic carbocycles. The zero-order valence-corrected chi connectivity index (χ0v) is 13.3. The van der Waals surface area contributed by atoms with Crippen molar-refractivity contribution in [2.75, 3.05) is 5.32 Å². The van der Waals surface area contributed by atoms with Crippen LogP contribution in [0.5, 0.6) is 0 Å². The van der Waals surface area contributed by atoms with Crippen LogP contribution < -0.4 is 5.32 Å². The fourth-order valence-electron chi connectivity index (χ4n) is 2.18. The third kappa shape index (κ3) is 3.65. The van der Waals surface area contributed by atoms with Crippen molar-refractivity contribution < 1.29 is 9.18 Å². The van der Waals surface area contributed by atoms with Crippen LogP contribution in [0.4, 0.5) is 10.3 Å². The van der Waals surface area contributed by atoms with Gasteiger partial charge in [0.15, 0.2) is 0 Å². The Hall–Kier alpha value is -3.03. The number of nitrogens with one attached hydrogen (secondary N) is 1. The van der Waals surface area contributed by atoms with E-state index < -0.39 is 6.04 Å².